The van der Waals surface area contributed by atoms with Gasteiger partial charge in [-0.2, -0.15) is 0 Å². The van der Waals surface area contributed by atoms with Gasteiger partial charge in [-0.3, -0.25) is 9.05 Å². The van der Waals surface area contributed by atoms with E-state index in [2.05, 4.69) is 0 Å². The first-order chi connectivity index (χ1) is 4.52. The van der Waals surface area contributed by atoms with E-state index in [1.54, 1.807) is 0 Å². The Bertz CT molecular complexity index is 159. The second kappa shape index (κ2) is 2.74. The minimum Gasteiger partial charge on any atom is -0.282 e. The van der Waals surface area contributed by atoms with Gasteiger partial charge in [-0.25, -0.2) is 4.57 Å². The largest absolute Gasteiger partial charge is 0.370 e. The molecule has 1 aliphatic rings. The Hall–Kier alpha value is 0.310. The molecular formula is C5H9ClO3P. The molecule has 0 aliphatic carbocycles. The Kier molecular flexibility index (Phi) is 2.31. The van der Waals surface area contributed by atoms with Crippen LogP contribution >= 0.6 is 19.9 Å². The highest BCUT2D eigenvalue weighted by molar-refractivity contribution is 7.33. The van der Waals surface area contributed by atoms with Crippen LogP contribution in [0.4, 0.5) is 0 Å². The quantitative estimate of drug-likeness (QED) is 0.427. The fraction of sp³-hybridized carbons (Fsp3) is 1.00. The van der Waals surface area contributed by atoms with Gasteiger partial charge in [0.15, 0.2) is 5.56 Å². The van der Waals surface area contributed by atoms with Crippen molar-refractivity contribution in [1.29, 1.82) is 0 Å². The molecule has 10 heavy (non-hydrogen) atoms. The Labute approximate surface area is 65.6 Å². The van der Waals surface area contributed by atoms with Crippen LogP contribution in [0.1, 0.15) is 13.8 Å². The summed E-state index contributed by atoms with van der Waals surface area (Å²) in [5.74, 6) is 0. The first-order valence-corrected chi connectivity index (χ1v) is 4.46. The molecule has 59 valence electrons. The van der Waals surface area contributed by atoms with Crippen molar-refractivity contribution in [3.05, 3.63) is 0 Å². The standard InChI is InChI=1S/C5H9ClO3P/c1-5(2)3-8-10(7)9-4(5)6/h4H,3H2,1-2H3. The van der Waals surface area contributed by atoms with Gasteiger partial charge in [-0.15, -0.1) is 0 Å². The van der Waals surface area contributed by atoms with Gasteiger partial charge < -0.3 is 0 Å². The third-order valence-corrected chi connectivity index (χ3v) is 2.86. The highest BCUT2D eigenvalue weighted by atomic mass is 35.5. The first kappa shape index (κ1) is 8.41. The van der Waals surface area contributed by atoms with E-state index in [0.29, 0.717) is 6.61 Å². The highest BCUT2D eigenvalue weighted by Crippen LogP contribution is 2.42. The summed E-state index contributed by atoms with van der Waals surface area (Å²) in [7, 11) is -1.97. The molecule has 0 aromatic rings. The van der Waals surface area contributed by atoms with Crippen molar-refractivity contribution in [1.82, 2.24) is 0 Å². The normalized spacial score (nSPS) is 35.9. The second-order valence-corrected chi connectivity index (χ2v) is 4.22. The van der Waals surface area contributed by atoms with E-state index in [1.807, 2.05) is 13.8 Å². The number of alkyl halides is 1. The first-order valence-electron chi connectivity index (χ1n) is 2.93. The van der Waals surface area contributed by atoms with Crippen molar-refractivity contribution in [2.45, 2.75) is 19.4 Å². The van der Waals surface area contributed by atoms with Crippen molar-refractivity contribution in [3.8, 4) is 0 Å². The molecule has 1 saturated heterocycles. The van der Waals surface area contributed by atoms with Gasteiger partial charge in [0.25, 0.3) is 0 Å². The molecule has 2 atom stereocenters. The molecule has 0 aromatic heterocycles. The van der Waals surface area contributed by atoms with Crippen LogP contribution in [0.15, 0.2) is 0 Å². The Morgan fingerprint density at radius 2 is 2.30 bits per heavy atom. The van der Waals surface area contributed by atoms with Crippen molar-refractivity contribution < 1.29 is 13.6 Å². The molecule has 1 heterocycles. The van der Waals surface area contributed by atoms with Gasteiger partial charge >= 0.3 is 8.25 Å². The average molecular weight is 184 g/mol. The zero-order chi connectivity index (χ0) is 7.78. The van der Waals surface area contributed by atoms with Crippen LogP contribution in [-0.4, -0.2) is 12.2 Å². The van der Waals surface area contributed by atoms with E-state index in [0.717, 1.165) is 0 Å². The van der Waals surface area contributed by atoms with Crippen LogP contribution in [0.3, 0.4) is 0 Å². The Balaban J connectivity index is 2.60. The molecule has 0 spiro atoms. The van der Waals surface area contributed by atoms with Gasteiger partial charge in [0.2, 0.25) is 0 Å². The summed E-state index contributed by atoms with van der Waals surface area (Å²) < 4.78 is 20.1. The molecule has 0 N–H and O–H groups in total. The van der Waals surface area contributed by atoms with E-state index in [-0.39, 0.29) is 5.41 Å². The summed E-state index contributed by atoms with van der Waals surface area (Å²) in [6, 6.07) is 0. The van der Waals surface area contributed by atoms with Gasteiger partial charge in [0.1, 0.15) is 0 Å². The Morgan fingerprint density at radius 1 is 1.70 bits per heavy atom. The lowest BCUT2D eigenvalue weighted by Gasteiger charge is -2.31. The van der Waals surface area contributed by atoms with Crippen LogP contribution in [0, 0.1) is 5.41 Å². The van der Waals surface area contributed by atoms with Crippen LogP contribution in [0.5, 0.6) is 0 Å². The lowest BCUT2D eigenvalue weighted by molar-refractivity contribution is 0.0296. The van der Waals surface area contributed by atoms with Crippen LogP contribution in [-0.2, 0) is 13.6 Å². The van der Waals surface area contributed by atoms with Crippen molar-refractivity contribution in [2.24, 2.45) is 5.41 Å². The molecule has 1 radical (unpaired) electrons. The molecule has 1 rings (SSSR count). The maximum Gasteiger partial charge on any atom is 0.370 e. The lowest BCUT2D eigenvalue weighted by Crippen LogP contribution is -2.33. The summed E-state index contributed by atoms with van der Waals surface area (Å²) in [6.07, 6.45) is 0. The summed E-state index contributed by atoms with van der Waals surface area (Å²) >= 11 is 5.72. The number of hydrogen-bond acceptors (Lipinski definition) is 3. The molecular weight excluding hydrogens is 174 g/mol. The molecule has 1 fully saturated rings. The molecule has 0 aromatic carbocycles. The van der Waals surface area contributed by atoms with E-state index in [9.17, 15) is 4.57 Å². The summed E-state index contributed by atoms with van der Waals surface area (Å²) in [4.78, 5) is 0. The Morgan fingerprint density at radius 3 is 2.70 bits per heavy atom. The maximum absolute atomic E-state index is 10.6. The third kappa shape index (κ3) is 1.67. The minimum atomic E-state index is -1.97. The molecule has 0 bridgehead atoms. The molecule has 0 amide bonds. The predicted molar refractivity (Wildman–Crippen MR) is 38.1 cm³/mol. The van der Waals surface area contributed by atoms with Crippen LogP contribution in [0.2, 0.25) is 0 Å². The molecule has 1 aliphatic heterocycles. The van der Waals surface area contributed by atoms with Crippen LogP contribution in [0.25, 0.3) is 0 Å². The van der Waals surface area contributed by atoms with Crippen molar-refractivity contribution in [3.63, 3.8) is 0 Å². The van der Waals surface area contributed by atoms with Crippen molar-refractivity contribution in [2.75, 3.05) is 6.61 Å². The average Bonchev–Trinajstić information content (AvgIpc) is 1.81. The van der Waals surface area contributed by atoms with Gasteiger partial charge in [-0.1, -0.05) is 25.4 Å². The fourth-order valence-corrected chi connectivity index (χ4v) is 1.73. The number of rotatable bonds is 0. The minimum absolute atomic E-state index is 0.245. The number of hydrogen-bond donors (Lipinski definition) is 0. The molecule has 2 unspecified atom stereocenters. The maximum atomic E-state index is 10.6. The van der Waals surface area contributed by atoms with Crippen LogP contribution < -0.4 is 0 Å². The zero-order valence-corrected chi connectivity index (χ0v) is 7.48. The van der Waals surface area contributed by atoms with Gasteiger partial charge in [-0.05, 0) is 0 Å². The summed E-state index contributed by atoms with van der Waals surface area (Å²) in [5.41, 5.74) is -0.755. The molecule has 5 heteroatoms. The van der Waals surface area contributed by atoms with Crippen molar-refractivity contribution >= 4 is 19.9 Å². The van der Waals surface area contributed by atoms with Gasteiger partial charge in [0.05, 0.1) is 6.61 Å². The van der Waals surface area contributed by atoms with E-state index in [1.165, 1.54) is 0 Å². The molecule has 3 nitrogen and oxygen atoms in total. The highest BCUT2D eigenvalue weighted by Gasteiger charge is 2.36. The summed E-state index contributed by atoms with van der Waals surface area (Å²) in [5, 5.41) is 0. The SMILES string of the molecule is CC1(C)CO[P](=O)OC1Cl. The second-order valence-electron chi connectivity index (χ2n) is 2.91. The molecule has 0 saturated carbocycles. The fourth-order valence-electron chi connectivity index (χ4n) is 0.533. The number of halogens is 1. The zero-order valence-electron chi connectivity index (χ0n) is 5.83. The van der Waals surface area contributed by atoms with E-state index >= 15 is 0 Å². The monoisotopic (exact) mass is 183 g/mol. The summed E-state index contributed by atoms with van der Waals surface area (Å²) in [6.45, 7) is 4.18. The smallest absolute Gasteiger partial charge is 0.282 e. The lowest BCUT2D eigenvalue weighted by atomic mass is 9.96. The van der Waals surface area contributed by atoms with E-state index < -0.39 is 13.8 Å². The predicted octanol–water partition coefficient (Wildman–Crippen LogP) is 2.28. The topological polar surface area (TPSA) is 35.5 Å². The third-order valence-electron chi connectivity index (χ3n) is 1.33. The van der Waals surface area contributed by atoms with E-state index in [4.69, 9.17) is 20.6 Å². The van der Waals surface area contributed by atoms with Gasteiger partial charge in [0, 0.05) is 5.41 Å².